The fourth-order valence-electron chi connectivity index (χ4n) is 5.73. The Morgan fingerprint density at radius 2 is 1.77 bits per heavy atom. The summed E-state index contributed by atoms with van der Waals surface area (Å²) in [5.74, 6) is -3.94. The van der Waals surface area contributed by atoms with Crippen molar-refractivity contribution in [2.24, 2.45) is 7.05 Å². The molecule has 0 amide bonds. The topological polar surface area (TPSA) is 106 Å². The van der Waals surface area contributed by atoms with Gasteiger partial charge in [-0.25, -0.2) is 31.1 Å². The molecule has 0 saturated carbocycles. The smallest absolute Gasteiger partial charge is 0.321 e. The van der Waals surface area contributed by atoms with E-state index in [0.29, 0.717) is 39.4 Å². The van der Waals surface area contributed by atoms with Crippen LogP contribution in [0.4, 0.5) is 13.2 Å². The molecule has 5 rings (SSSR count). The van der Waals surface area contributed by atoms with Crippen LogP contribution in [0.25, 0.3) is 5.69 Å². The highest BCUT2D eigenvalue weighted by molar-refractivity contribution is 7.98. The number of aliphatic carboxylic acids is 1. The number of aryl methyl sites for hydroxylation is 1. The minimum absolute atomic E-state index is 0.163. The second-order valence-electron chi connectivity index (χ2n) is 12.6. The molecule has 2 aromatic heterocycles. The van der Waals surface area contributed by atoms with Gasteiger partial charge >= 0.3 is 5.97 Å². The summed E-state index contributed by atoms with van der Waals surface area (Å²) in [5, 5.41) is 10.5. The van der Waals surface area contributed by atoms with Crippen molar-refractivity contribution in [3.63, 3.8) is 0 Å². The number of hydrogen-bond donors (Lipinski definition) is 1. The van der Waals surface area contributed by atoms with Gasteiger partial charge in [0.2, 0.25) is 10.0 Å². The van der Waals surface area contributed by atoms with Crippen molar-refractivity contribution in [2.45, 2.75) is 54.5 Å². The highest BCUT2D eigenvalue weighted by Crippen LogP contribution is 2.39. The number of rotatable bonds is 14. The predicted octanol–water partition coefficient (Wildman–Crippen LogP) is 7.10. The van der Waals surface area contributed by atoms with E-state index in [1.807, 2.05) is 19.9 Å². The Morgan fingerprint density at radius 3 is 2.38 bits per heavy atom. The van der Waals surface area contributed by atoms with Crippen molar-refractivity contribution < 1.29 is 40.8 Å². The Morgan fingerprint density at radius 1 is 1.10 bits per heavy atom. The molecular weight excluding hydrogens is 737 g/mol. The molecule has 0 aliphatic carbocycles. The lowest BCUT2D eigenvalue weighted by Crippen LogP contribution is -2.44. The highest BCUT2D eigenvalue weighted by Gasteiger charge is 2.35. The van der Waals surface area contributed by atoms with Crippen LogP contribution in [0.15, 0.2) is 95.4 Å². The van der Waals surface area contributed by atoms with E-state index in [1.165, 1.54) is 26.2 Å². The first-order chi connectivity index (χ1) is 24.5. The Bertz CT molecular complexity index is 2190. The first kappa shape index (κ1) is 38.9. The van der Waals surface area contributed by atoms with Gasteiger partial charge in [-0.05, 0) is 73.5 Å². The Balaban J connectivity index is 1.47. The van der Waals surface area contributed by atoms with E-state index < -0.39 is 55.4 Å². The number of carboxylic acids is 1. The fraction of sp³-hybridized carbons (Fsp3) is 0.270. The average molecular weight is 774 g/mol. The van der Waals surface area contributed by atoms with Crippen LogP contribution in [0.2, 0.25) is 5.02 Å². The van der Waals surface area contributed by atoms with E-state index in [9.17, 15) is 22.7 Å². The molecule has 15 heteroatoms. The minimum atomic E-state index is -4.65. The fourth-order valence-corrected chi connectivity index (χ4v) is 8.55. The zero-order valence-electron chi connectivity index (χ0n) is 29.0. The number of thioether (sulfide) groups is 1. The van der Waals surface area contributed by atoms with Crippen molar-refractivity contribution in [3.8, 4) is 11.4 Å². The van der Waals surface area contributed by atoms with Crippen LogP contribution >= 0.6 is 23.4 Å². The molecule has 2 heterocycles. The van der Waals surface area contributed by atoms with Crippen molar-refractivity contribution in [1.29, 1.82) is 0 Å². The monoisotopic (exact) mass is 773 g/mol. The van der Waals surface area contributed by atoms with Gasteiger partial charge in [0, 0.05) is 40.6 Å². The zero-order valence-corrected chi connectivity index (χ0v) is 31.4. The molecule has 0 aliphatic rings. The van der Waals surface area contributed by atoms with Gasteiger partial charge in [-0.15, -0.1) is 0 Å². The molecular formula is C37H37ClF3N4O5S2+. The zero-order chi connectivity index (χ0) is 38.0. The molecule has 5 aromatic rings. The maximum atomic E-state index is 15.7. The maximum absolute atomic E-state index is 15.7. The van der Waals surface area contributed by atoms with E-state index in [-0.39, 0.29) is 18.7 Å². The summed E-state index contributed by atoms with van der Waals surface area (Å²) in [6.07, 6.45) is 5.35. The number of imidazole rings is 1. The molecule has 52 heavy (non-hydrogen) atoms. The summed E-state index contributed by atoms with van der Waals surface area (Å²) in [4.78, 5) is 15.8. The van der Waals surface area contributed by atoms with Crippen LogP contribution in [-0.4, -0.2) is 53.0 Å². The molecule has 274 valence electrons. The van der Waals surface area contributed by atoms with Gasteiger partial charge in [0.15, 0.2) is 17.6 Å². The molecule has 0 spiro atoms. The summed E-state index contributed by atoms with van der Waals surface area (Å²) >= 11 is 7.28. The van der Waals surface area contributed by atoms with Gasteiger partial charge in [0.05, 0.1) is 28.9 Å². The first-order valence-electron chi connectivity index (χ1n) is 16.0. The number of aromatic nitrogens is 3. The van der Waals surface area contributed by atoms with Gasteiger partial charge in [-0.1, -0.05) is 43.3 Å². The molecule has 0 aliphatic heterocycles. The average Bonchev–Trinajstić information content (AvgIpc) is 3.53. The standard InChI is InChI=1S/C37H36ClF3N4O5S2/c1-23(35(46)47)44(16-14-24-7-6-15-43(4)21-24)52(48,49)28-18-31(40)29(32(41)19-28)22-51-36-42-20-34(45(36)27-11-9-26(39)10-12-27)37(2,3)25-8-13-30(38)33(17-25)50-5/h6-13,15,17-21,23H,14,16,22H2,1-5H3/p+1/t23-/m1/s1. The van der Waals surface area contributed by atoms with Crippen LogP contribution in [0.5, 0.6) is 5.75 Å². The van der Waals surface area contributed by atoms with Crippen molar-refractivity contribution in [3.05, 3.63) is 130 Å². The third kappa shape index (κ3) is 8.15. The van der Waals surface area contributed by atoms with E-state index in [4.69, 9.17) is 16.3 Å². The number of methoxy groups -OCH3 is 1. The van der Waals surface area contributed by atoms with Gasteiger partial charge in [-0.3, -0.25) is 9.36 Å². The lowest BCUT2D eigenvalue weighted by molar-refractivity contribution is -0.671. The number of halogens is 4. The normalized spacial score (nSPS) is 12.7. The number of ether oxygens (including phenoxy) is 1. The van der Waals surface area contributed by atoms with Crippen molar-refractivity contribution in [1.82, 2.24) is 13.9 Å². The Kier molecular flexibility index (Phi) is 11.7. The number of carbonyl (C=O) groups is 1. The molecule has 0 unspecified atom stereocenters. The summed E-state index contributed by atoms with van der Waals surface area (Å²) in [6.45, 7) is 4.86. The Labute approximate surface area is 309 Å². The third-order valence-corrected chi connectivity index (χ3v) is 12.0. The lowest BCUT2D eigenvalue weighted by Gasteiger charge is -2.28. The van der Waals surface area contributed by atoms with Gasteiger partial charge in [-0.2, -0.15) is 4.31 Å². The largest absolute Gasteiger partial charge is 0.495 e. The SMILES string of the molecule is COc1cc(C(C)(C)c2cnc(SCc3c(F)cc(S(=O)(=O)N(CCc4ccc[n+](C)c4)[C@H](C)C(=O)O)cc3F)n2-c2ccc(F)cc2)ccc1Cl. The van der Waals surface area contributed by atoms with Crippen LogP contribution < -0.4 is 9.30 Å². The van der Waals surface area contributed by atoms with Gasteiger partial charge in [0.25, 0.3) is 0 Å². The summed E-state index contributed by atoms with van der Waals surface area (Å²) in [7, 11) is -1.36. The van der Waals surface area contributed by atoms with Gasteiger partial charge < -0.3 is 9.84 Å². The summed E-state index contributed by atoms with van der Waals surface area (Å²) < 4.78 is 82.5. The third-order valence-electron chi connectivity index (χ3n) is 8.81. The van der Waals surface area contributed by atoms with E-state index in [1.54, 1.807) is 71.2 Å². The number of nitrogens with zero attached hydrogens (tertiary/aromatic N) is 4. The number of hydrogen-bond acceptors (Lipinski definition) is 6. The molecule has 0 bridgehead atoms. The number of pyridine rings is 1. The number of carboxylic acid groups (broad SMARTS) is 1. The molecule has 9 nitrogen and oxygen atoms in total. The van der Waals surface area contributed by atoms with Crippen LogP contribution in [0, 0.1) is 17.5 Å². The summed E-state index contributed by atoms with van der Waals surface area (Å²) in [5.41, 5.74) is 1.66. The van der Waals surface area contributed by atoms with E-state index in [0.717, 1.165) is 27.2 Å². The molecule has 0 saturated heterocycles. The number of sulfonamides is 1. The molecule has 1 N–H and O–H groups in total. The van der Waals surface area contributed by atoms with Crippen LogP contribution in [0.1, 0.15) is 43.2 Å². The van der Waals surface area contributed by atoms with E-state index >= 15 is 8.78 Å². The highest BCUT2D eigenvalue weighted by atomic mass is 35.5. The lowest BCUT2D eigenvalue weighted by atomic mass is 9.81. The minimum Gasteiger partial charge on any atom is -0.495 e. The summed E-state index contributed by atoms with van der Waals surface area (Å²) in [6, 6.07) is 14.5. The van der Waals surface area contributed by atoms with Crippen LogP contribution in [-0.2, 0) is 39.5 Å². The quantitative estimate of drug-likeness (QED) is 0.0949. The Hall–Kier alpha value is -4.37. The number of benzene rings is 3. The second kappa shape index (κ2) is 15.7. The molecule has 3 aromatic carbocycles. The van der Waals surface area contributed by atoms with E-state index in [2.05, 4.69) is 4.98 Å². The second-order valence-corrected chi connectivity index (χ2v) is 15.9. The van der Waals surface area contributed by atoms with Crippen molar-refractivity contribution in [2.75, 3.05) is 13.7 Å². The maximum Gasteiger partial charge on any atom is 0.321 e. The molecule has 0 radical (unpaired) electrons. The van der Waals surface area contributed by atoms with Gasteiger partial charge in [0.1, 0.15) is 36.3 Å². The molecule has 1 atom stereocenters. The van der Waals surface area contributed by atoms with Crippen molar-refractivity contribution >= 4 is 39.4 Å². The molecule has 0 fully saturated rings. The predicted molar refractivity (Wildman–Crippen MR) is 192 cm³/mol. The first-order valence-corrected chi connectivity index (χ1v) is 18.8. The van der Waals surface area contributed by atoms with Crippen LogP contribution in [0.3, 0.4) is 0 Å².